The van der Waals surface area contributed by atoms with Crippen LogP contribution in [-0.4, -0.2) is 15.6 Å². The lowest BCUT2D eigenvalue weighted by molar-refractivity contribution is 0.0677. The lowest BCUT2D eigenvalue weighted by Crippen LogP contribution is -2.24. The zero-order chi connectivity index (χ0) is 12.6. The molecule has 1 heterocycles. The highest BCUT2D eigenvalue weighted by atomic mass is 35.5. The van der Waals surface area contributed by atoms with Gasteiger partial charge in [-0.05, 0) is 37.2 Å². The second-order valence-electron chi connectivity index (χ2n) is 5.33. The number of aromatic carboxylic acids is 1. The number of hydrogen-bond donors (Lipinski definition) is 1. The molecule has 1 aliphatic carbocycles. The summed E-state index contributed by atoms with van der Waals surface area (Å²) in [6.07, 6.45) is 5.06. The molecule has 0 bridgehead atoms. The third-order valence-electron chi connectivity index (χ3n) is 3.58. The molecule has 17 heavy (non-hydrogen) atoms. The van der Waals surface area contributed by atoms with Crippen molar-refractivity contribution < 1.29 is 9.90 Å². The van der Waals surface area contributed by atoms with Gasteiger partial charge in [0, 0.05) is 12.2 Å². The highest BCUT2D eigenvalue weighted by molar-refractivity contribution is 6.30. The minimum absolute atomic E-state index is 0.271. The Bertz CT molecular complexity index is 417. The van der Waals surface area contributed by atoms with Gasteiger partial charge in [0.05, 0.1) is 5.02 Å². The first-order valence-corrected chi connectivity index (χ1v) is 6.45. The molecule has 94 valence electrons. The Morgan fingerprint density at radius 3 is 2.47 bits per heavy atom. The second kappa shape index (κ2) is 4.73. The molecule has 0 aliphatic heterocycles. The van der Waals surface area contributed by atoms with Crippen LogP contribution in [0.15, 0.2) is 12.3 Å². The van der Waals surface area contributed by atoms with E-state index in [1.807, 2.05) is 4.57 Å². The van der Waals surface area contributed by atoms with Crippen molar-refractivity contribution >= 4 is 17.6 Å². The summed E-state index contributed by atoms with van der Waals surface area (Å²) in [4.78, 5) is 11.2. The zero-order valence-corrected chi connectivity index (χ0v) is 10.9. The monoisotopic (exact) mass is 255 g/mol. The summed E-state index contributed by atoms with van der Waals surface area (Å²) >= 11 is 5.92. The largest absolute Gasteiger partial charge is 0.477 e. The standard InChI is InChI=1S/C13H18ClNO2/c1-8-3-9(2)5-11(4-8)15-7-10(14)6-12(15)13(16)17/h6-9,11H,3-5H2,1-2H3,(H,16,17). The van der Waals surface area contributed by atoms with Crippen LogP contribution in [0.3, 0.4) is 0 Å². The molecule has 0 radical (unpaired) electrons. The molecule has 0 aromatic carbocycles. The minimum Gasteiger partial charge on any atom is -0.477 e. The Morgan fingerprint density at radius 2 is 1.94 bits per heavy atom. The van der Waals surface area contributed by atoms with Crippen LogP contribution in [0.1, 0.15) is 49.6 Å². The summed E-state index contributed by atoms with van der Waals surface area (Å²) in [5.41, 5.74) is 0.307. The van der Waals surface area contributed by atoms with Crippen molar-refractivity contribution in [2.75, 3.05) is 0 Å². The molecular formula is C13H18ClNO2. The van der Waals surface area contributed by atoms with Crippen molar-refractivity contribution in [2.24, 2.45) is 11.8 Å². The van der Waals surface area contributed by atoms with Gasteiger partial charge in [-0.25, -0.2) is 4.79 Å². The maximum absolute atomic E-state index is 11.2. The fourth-order valence-electron chi connectivity index (χ4n) is 3.05. The molecular weight excluding hydrogens is 238 g/mol. The van der Waals surface area contributed by atoms with Gasteiger partial charge in [0.2, 0.25) is 0 Å². The van der Waals surface area contributed by atoms with E-state index in [1.165, 1.54) is 12.5 Å². The molecule has 4 heteroatoms. The highest BCUT2D eigenvalue weighted by Gasteiger charge is 2.27. The summed E-state index contributed by atoms with van der Waals surface area (Å²) in [5.74, 6) is 0.390. The van der Waals surface area contributed by atoms with E-state index in [-0.39, 0.29) is 6.04 Å². The zero-order valence-electron chi connectivity index (χ0n) is 10.2. The Balaban J connectivity index is 2.29. The molecule has 2 atom stereocenters. The van der Waals surface area contributed by atoms with E-state index in [1.54, 1.807) is 6.20 Å². The van der Waals surface area contributed by atoms with E-state index in [0.29, 0.717) is 22.6 Å². The van der Waals surface area contributed by atoms with Gasteiger partial charge in [0.1, 0.15) is 5.69 Å². The van der Waals surface area contributed by atoms with Crippen LogP contribution in [0.5, 0.6) is 0 Å². The highest BCUT2D eigenvalue weighted by Crippen LogP contribution is 2.37. The Kier molecular flexibility index (Phi) is 3.48. The lowest BCUT2D eigenvalue weighted by Gasteiger charge is -2.33. The van der Waals surface area contributed by atoms with Crippen molar-refractivity contribution in [1.29, 1.82) is 0 Å². The van der Waals surface area contributed by atoms with Crippen molar-refractivity contribution in [3.05, 3.63) is 23.0 Å². The number of carboxylic acids is 1. The molecule has 1 saturated carbocycles. The average molecular weight is 256 g/mol. The van der Waals surface area contributed by atoms with E-state index in [2.05, 4.69) is 13.8 Å². The van der Waals surface area contributed by atoms with Gasteiger partial charge < -0.3 is 9.67 Å². The maximum Gasteiger partial charge on any atom is 0.352 e. The van der Waals surface area contributed by atoms with Crippen LogP contribution in [0, 0.1) is 11.8 Å². The molecule has 1 aromatic heterocycles. The Labute approximate surface area is 106 Å². The van der Waals surface area contributed by atoms with E-state index in [0.717, 1.165) is 12.8 Å². The average Bonchev–Trinajstić information content (AvgIpc) is 2.59. The van der Waals surface area contributed by atoms with Crippen molar-refractivity contribution in [2.45, 2.75) is 39.2 Å². The van der Waals surface area contributed by atoms with Crippen LogP contribution < -0.4 is 0 Å². The van der Waals surface area contributed by atoms with Gasteiger partial charge in [-0.15, -0.1) is 0 Å². The third kappa shape index (κ3) is 2.65. The second-order valence-corrected chi connectivity index (χ2v) is 5.76. The molecule has 2 unspecified atom stereocenters. The summed E-state index contributed by atoms with van der Waals surface area (Å²) in [6.45, 7) is 4.46. The van der Waals surface area contributed by atoms with Crippen LogP contribution in [0.25, 0.3) is 0 Å². The maximum atomic E-state index is 11.2. The molecule has 2 rings (SSSR count). The smallest absolute Gasteiger partial charge is 0.352 e. The normalized spacial score (nSPS) is 29.2. The number of halogens is 1. The van der Waals surface area contributed by atoms with Gasteiger partial charge >= 0.3 is 5.97 Å². The summed E-state index contributed by atoms with van der Waals surface area (Å²) in [5, 5.41) is 9.67. The number of aromatic nitrogens is 1. The number of nitrogens with zero attached hydrogens (tertiary/aromatic N) is 1. The minimum atomic E-state index is -0.900. The first kappa shape index (κ1) is 12.5. The predicted molar refractivity (Wildman–Crippen MR) is 67.6 cm³/mol. The Hall–Kier alpha value is -0.960. The van der Waals surface area contributed by atoms with Crippen molar-refractivity contribution in [1.82, 2.24) is 4.57 Å². The quantitative estimate of drug-likeness (QED) is 0.873. The van der Waals surface area contributed by atoms with Gasteiger partial charge in [-0.1, -0.05) is 25.4 Å². The molecule has 1 N–H and O–H groups in total. The van der Waals surface area contributed by atoms with Crippen LogP contribution in [0.4, 0.5) is 0 Å². The number of rotatable bonds is 2. The van der Waals surface area contributed by atoms with Crippen molar-refractivity contribution in [3.8, 4) is 0 Å². The van der Waals surface area contributed by atoms with Crippen LogP contribution >= 0.6 is 11.6 Å². The SMILES string of the molecule is CC1CC(C)CC(n2cc(Cl)cc2C(=O)O)C1. The first-order chi connectivity index (χ1) is 7.97. The van der Waals surface area contributed by atoms with Gasteiger partial charge in [-0.3, -0.25) is 0 Å². The Morgan fingerprint density at radius 1 is 1.35 bits per heavy atom. The molecule has 0 amide bonds. The fraction of sp³-hybridized carbons (Fsp3) is 0.615. The number of carbonyl (C=O) groups is 1. The van der Waals surface area contributed by atoms with Crippen LogP contribution in [0.2, 0.25) is 5.02 Å². The molecule has 0 spiro atoms. The topological polar surface area (TPSA) is 42.2 Å². The van der Waals surface area contributed by atoms with Gasteiger partial charge in [0.15, 0.2) is 0 Å². The van der Waals surface area contributed by atoms with E-state index < -0.39 is 5.97 Å². The molecule has 1 aromatic rings. The summed E-state index contributed by atoms with van der Waals surface area (Å²) < 4.78 is 1.84. The molecule has 3 nitrogen and oxygen atoms in total. The summed E-state index contributed by atoms with van der Waals surface area (Å²) in [6, 6.07) is 1.81. The first-order valence-electron chi connectivity index (χ1n) is 6.08. The fourth-order valence-corrected chi connectivity index (χ4v) is 3.26. The lowest BCUT2D eigenvalue weighted by atomic mass is 9.80. The predicted octanol–water partition coefficient (Wildman–Crippen LogP) is 3.84. The third-order valence-corrected chi connectivity index (χ3v) is 3.79. The van der Waals surface area contributed by atoms with E-state index >= 15 is 0 Å². The van der Waals surface area contributed by atoms with Gasteiger partial charge in [0.25, 0.3) is 0 Å². The number of hydrogen-bond acceptors (Lipinski definition) is 1. The molecule has 1 aliphatic rings. The summed E-state index contributed by atoms with van der Waals surface area (Å²) in [7, 11) is 0. The van der Waals surface area contributed by atoms with Crippen molar-refractivity contribution in [3.63, 3.8) is 0 Å². The van der Waals surface area contributed by atoms with E-state index in [4.69, 9.17) is 16.7 Å². The van der Waals surface area contributed by atoms with Crippen LogP contribution in [-0.2, 0) is 0 Å². The van der Waals surface area contributed by atoms with Gasteiger partial charge in [-0.2, -0.15) is 0 Å². The molecule has 0 saturated heterocycles. The van der Waals surface area contributed by atoms with E-state index in [9.17, 15) is 4.79 Å². The molecule has 1 fully saturated rings. The number of carboxylic acid groups (broad SMARTS) is 1.